The Hall–Kier alpha value is -1.82. The molecule has 1 heterocycles. The van der Waals surface area contributed by atoms with Crippen LogP contribution in [0.25, 0.3) is 0 Å². The number of aromatic nitrogens is 1. The van der Waals surface area contributed by atoms with Crippen molar-refractivity contribution in [2.45, 2.75) is 12.8 Å². The normalized spacial score (nSPS) is 12.1. The zero-order valence-electron chi connectivity index (χ0n) is 14.7. The van der Waals surface area contributed by atoms with Crippen molar-refractivity contribution in [3.05, 3.63) is 78.2 Å². The Morgan fingerprint density at radius 3 is 1.36 bits per heavy atom. The number of aldehydes is 2. The number of rotatable bonds is 2. The van der Waals surface area contributed by atoms with E-state index in [0.29, 0.717) is 24.0 Å². The summed E-state index contributed by atoms with van der Waals surface area (Å²) in [5, 5.41) is 14.1. The molecule has 0 spiro atoms. The largest absolute Gasteiger partial charge is 3.00 e. The van der Waals surface area contributed by atoms with Gasteiger partial charge in [-0.3, -0.25) is 9.59 Å². The summed E-state index contributed by atoms with van der Waals surface area (Å²) in [5.41, 5.74) is 1.96. The van der Waals surface area contributed by atoms with Crippen molar-refractivity contribution in [1.82, 2.24) is 4.98 Å². The van der Waals surface area contributed by atoms with E-state index in [0.717, 1.165) is 12.8 Å². The average Bonchev–Trinajstić information content (AvgIpc) is 2.64. The Labute approximate surface area is 194 Å². The minimum absolute atomic E-state index is 0. The van der Waals surface area contributed by atoms with Gasteiger partial charge in [0.2, 0.25) is 0 Å². The summed E-state index contributed by atoms with van der Waals surface area (Å²) in [5.74, 6) is 0. The van der Waals surface area contributed by atoms with Crippen molar-refractivity contribution in [1.29, 1.82) is 10.8 Å². The molecule has 9 heteroatoms. The summed E-state index contributed by atoms with van der Waals surface area (Å²) in [6, 6.07) is 4.69. The summed E-state index contributed by atoms with van der Waals surface area (Å²) >= 11 is 0. The number of carbonyl (C=O) groups is 2. The second kappa shape index (κ2) is 21.5. The molecule has 2 aliphatic rings. The van der Waals surface area contributed by atoms with Crippen LogP contribution in [0.2, 0.25) is 0 Å². The van der Waals surface area contributed by atoms with Gasteiger partial charge in [-0.2, -0.15) is 0 Å². The van der Waals surface area contributed by atoms with Crippen LogP contribution in [0.1, 0.15) is 33.8 Å². The maximum atomic E-state index is 10.1. The number of nitrogens with zero attached hydrogens (tertiary/aromatic N) is 1. The van der Waals surface area contributed by atoms with Crippen molar-refractivity contribution < 1.29 is 63.9 Å². The maximum absolute atomic E-state index is 10.1. The average molecular weight is 484 g/mol. The minimum Gasteiger partial charge on any atom is -1.00 e. The Balaban J connectivity index is -0.000000147. The van der Waals surface area contributed by atoms with Gasteiger partial charge in [0.1, 0.15) is 11.4 Å². The molecule has 0 bridgehead atoms. The number of hydrogen-bond acceptors (Lipinski definition) is 5. The molecular formula is C19H19Cl3FeN3O2. The summed E-state index contributed by atoms with van der Waals surface area (Å²) in [6.45, 7) is 0. The van der Waals surface area contributed by atoms with Crippen LogP contribution in [0, 0.1) is 10.8 Å². The molecule has 1 aromatic heterocycles. The number of allylic oxidation sites excluding steroid dienone is 8. The van der Waals surface area contributed by atoms with Gasteiger partial charge in [-0.15, -0.1) is 0 Å². The Morgan fingerprint density at radius 1 is 0.750 bits per heavy atom. The van der Waals surface area contributed by atoms with E-state index in [1.807, 2.05) is 36.5 Å². The number of pyridine rings is 1. The summed E-state index contributed by atoms with van der Waals surface area (Å²) in [4.78, 5) is 23.9. The predicted molar refractivity (Wildman–Crippen MR) is 96.3 cm³/mol. The summed E-state index contributed by atoms with van der Waals surface area (Å²) < 4.78 is 0. The maximum Gasteiger partial charge on any atom is 3.00 e. The van der Waals surface area contributed by atoms with Gasteiger partial charge in [0.05, 0.1) is 0 Å². The molecule has 2 N–H and O–H groups in total. The van der Waals surface area contributed by atoms with Crippen LogP contribution in [0.4, 0.5) is 0 Å². The van der Waals surface area contributed by atoms with E-state index >= 15 is 0 Å². The van der Waals surface area contributed by atoms with Crippen molar-refractivity contribution >= 4 is 24.0 Å². The first kappa shape index (κ1) is 33.7. The Morgan fingerprint density at radius 2 is 1.14 bits per heavy atom. The van der Waals surface area contributed by atoms with Crippen molar-refractivity contribution in [3.8, 4) is 0 Å². The van der Waals surface area contributed by atoms with Gasteiger partial charge in [0.15, 0.2) is 12.6 Å². The molecule has 0 saturated carbocycles. The van der Waals surface area contributed by atoms with Crippen LogP contribution in [-0.2, 0) is 17.1 Å². The predicted octanol–water partition coefficient (Wildman–Crippen LogP) is -5.24. The molecule has 5 nitrogen and oxygen atoms in total. The van der Waals surface area contributed by atoms with Gasteiger partial charge >= 0.3 is 17.1 Å². The fourth-order valence-corrected chi connectivity index (χ4v) is 1.63. The first-order chi connectivity index (χ1) is 11.7. The van der Waals surface area contributed by atoms with Gasteiger partial charge in [-0.1, -0.05) is 42.5 Å². The second-order valence-corrected chi connectivity index (χ2v) is 4.76. The topological polar surface area (TPSA) is 94.7 Å². The van der Waals surface area contributed by atoms with Gasteiger partial charge in [0.25, 0.3) is 0 Å². The summed E-state index contributed by atoms with van der Waals surface area (Å²) in [7, 11) is 0. The van der Waals surface area contributed by atoms with Crippen LogP contribution in [0.3, 0.4) is 0 Å². The molecule has 0 fully saturated rings. The zero-order valence-corrected chi connectivity index (χ0v) is 18.0. The van der Waals surface area contributed by atoms with E-state index in [-0.39, 0.29) is 65.7 Å². The molecule has 0 saturated heterocycles. The van der Waals surface area contributed by atoms with Crippen LogP contribution < -0.4 is 37.2 Å². The van der Waals surface area contributed by atoms with Gasteiger partial charge < -0.3 is 48.0 Å². The standard InChI is InChI=1S/C7H5NO2.2C6H7N.3ClH.Fe/c9-4-6-2-1-3-7(5-10)8-6;2*7-6-4-2-1-3-5-6;;;;/h1-5H;2*1-4,7H,5H2;3*1H;/q;;;;;;+3/p-3. The molecule has 0 aliphatic heterocycles. The molecule has 0 unspecified atom stereocenters. The third kappa shape index (κ3) is 16.4. The first-order valence-electron chi connectivity index (χ1n) is 7.34. The molecule has 28 heavy (non-hydrogen) atoms. The SMILES string of the molecule is N=C1C=CC=CC1.N=C1C=CC=CC1.O=Cc1cccc(C=O)n1.[Cl-].[Cl-].[Cl-].[Fe+3]. The van der Waals surface area contributed by atoms with Crippen molar-refractivity contribution in [2.75, 3.05) is 0 Å². The van der Waals surface area contributed by atoms with E-state index in [2.05, 4.69) is 4.98 Å². The van der Waals surface area contributed by atoms with E-state index in [1.54, 1.807) is 30.4 Å². The molecule has 1 radical (unpaired) electrons. The minimum atomic E-state index is 0. The number of halogens is 3. The van der Waals surface area contributed by atoms with Gasteiger partial charge in [0, 0.05) is 24.3 Å². The van der Waals surface area contributed by atoms with Crippen LogP contribution >= 0.6 is 0 Å². The molecule has 151 valence electrons. The van der Waals surface area contributed by atoms with E-state index in [4.69, 9.17) is 10.8 Å². The van der Waals surface area contributed by atoms with Gasteiger partial charge in [-0.25, -0.2) is 4.98 Å². The molecule has 0 aromatic carbocycles. The molecule has 3 rings (SSSR count). The second-order valence-electron chi connectivity index (χ2n) is 4.76. The van der Waals surface area contributed by atoms with E-state index < -0.39 is 0 Å². The summed E-state index contributed by atoms with van der Waals surface area (Å²) in [6.07, 6.45) is 18.0. The molecule has 2 aliphatic carbocycles. The van der Waals surface area contributed by atoms with Crippen molar-refractivity contribution in [3.63, 3.8) is 0 Å². The smallest absolute Gasteiger partial charge is 1.00 e. The third-order valence-corrected chi connectivity index (χ3v) is 2.80. The Bertz CT molecular complexity index is 676. The molecule has 0 atom stereocenters. The number of carbonyl (C=O) groups excluding carboxylic acids is 2. The van der Waals surface area contributed by atoms with Crippen LogP contribution in [-0.4, -0.2) is 29.0 Å². The first-order valence-corrected chi connectivity index (χ1v) is 7.34. The van der Waals surface area contributed by atoms with Gasteiger partial charge in [-0.05, 0) is 24.3 Å². The third-order valence-electron chi connectivity index (χ3n) is 2.80. The monoisotopic (exact) mass is 482 g/mol. The van der Waals surface area contributed by atoms with E-state index in [9.17, 15) is 9.59 Å². The molecule has 1 aromatic rings. The number of hydrogen-bond donors (Lipinski definition) is 2. The van der Waals surface area contributed by atoms with Crippen LogP contribution in [0.5, 0.6) is 0 Å². The van der Waals surface area contributed by atoms with Crippen LogP contribution in [0.15, 0.2) is 66.8 Å². The quantitative estimate of drug-likeness (QED) is 0.325. The van der Waals surface area contributed by atoms with E-state index in [1.165, 1.54) is 0 Å². The Kier molecular flexibility index (Phi) is 25.9. The molecular weight excluding hydrogens is 464 g/mol. The molecule has 0 amide bonds. The number of nitrogens with one attached hydrogen (secondary N) is 2. The van der Waals surface area contributed by atoms with Crippen molar-refractivity contribution in [2.24, 2.45) is 0 Å². The fourth-order valence-electron chi connectivity index (χ4n) is 1.63. The fraction of sp³-hybridized carbons (Fsp3) is 0.105. The zero-order chi connectivity index (χ0) is 17.6.